The standard InChI is InChI=1S/C11H9NO4/c1-6(13)9-10(14)7-4-2-3-5-8(7)16-11(9)12-15/h2-5,14-15H,1H3. The van der Waals surface area contributed by atoms with E-state index in [1.54, 1.807) is 24.3 Å². The third kappa shape index (κ3) is 1.42. The maximum atomic E-state index is 11.3. The molecule has 2 rings (SSSR count). The highest BCUT2D eigenvalue weighted by molar-refractivity contribution is 6.01. The highest BCUT2D eigenvalue weighted by Crippen LogP contribution is 2.25. The van der Waals surface area contributed by atoms with Crippen LogP contribution in [-0.2, 0) is 0 Å². The zero-order valence-electron chi connectivity index (χ0n) is 8.47. The molecular formula is C11H9NO4. The van der Waals surface area contributed by atoms with Crippen molar-refractivity contribution in [2.75, 3.05) is 0 Å². The van der Waals surface area contributed by atoms with Crippen LogP contribution in [0.1, 0.15) is 17.3 Å². The number of nitrogens with zero attached hydrogens (tertiary/aromatic N) is 1. The van der Waals surface area contributed by atoms with Crippen molar-refractivity contribution in [3.63, 3.8) is 0 Å². The molecule has 0 spiro atoms. The van der Waals surface area contributed by atoms with Crippen LogP contribution in [0.25, 0.3) is 11.0 Å². The minimum atomic E-state index is -0.431. The third-order valence-electron chi connectivity index (χ3n) is 2.24. The zero-order valence-corrected chi connectivity index (χ0v) is 8.47. The summed E-state index contributed by atoms with van der Waals surface area (Å²) in [4.78, 5) is 11.3. The van der Waals surface area contributed by atoms with Crippen molar-refractivity contribution < 1.29 is 19.5 Å². The fourth-order valence-corrected chi connectivity index (χ4v) is 1.53. The second-order valence-electron chi connectivity index (χ2n) is 3.28. The van der Waals surface area contributed by atoms with Gasteiger partial charge >= 0.3 is 0 Å². The Labute approximate surface area is 90.2 Å². The smallest absolute Gasteiger partial charge is 0.270 e. The predicted molar refractivity (Wildman–Crippen MR) is 55.2 cm³/mol. The van der Waals surface area contributed by atoms with Crippen LogP contribution in [0.2, 0.25) is 0 Å². The Kier molecular flexibility index (Phi) is 2.36. The van der Waals surface area contributed by atoms with E-state index < -0.39 is 5.78 Å². The van der Waals surface area contributed by atoms with Gasteiger partial charge in [0.25, 0.3) is 5.55 Å². The Bertz CT molecular complexity index is 627. The average Bonchev–Trinajstić information content (AvgIpc) is 2.28. The molecule has 1 aromatic heterocycles. The number of benzene rings is 1. The van der Waals surface area contributed by atoms with Crippen LogP contribution < -0.4 is 5.55 Å². The van der Waals surface area contributed by atoms with Gasteiger partial charge < -0.3 is 14.7 Å². The molecule has 0 aliphatic carbocycles. The molecule has 0 amide bonds. The van der Waals surface area contributed by atoms with Crippen molar-refractivity contribution >= 4 is 16.8 Å². The molecule has 0 bridgehead atoms. The van der Waals surface area contributed by atoms with E-state index in [9.17, 15) is 9.90 Å². The molecule has 2 aromatic rings. The van der Waals surface area contributed by atoms with Crippen molar-refractivity contribution in [2.24, 2.45) is 5.16 Å². The van der Waals surface area contributed by atoms with Gasteiger partial charge in [0, 0.05) is 0 Å². The van der Waals surface area contributed by atoms with Crippen LogP contribution in [0.15, 0.2) is 33.8 Å². The van der Waals surface area contributed by atoms with Gasteiger partial charge in [-0.25, -0.2) is 0 Å². The topological polar surface area (TPSA) is 83.0 Å². The quantitative estimate of drug-likeness (QED) is 0.433. The van der Waals surface area contributed by atoms with Gasteiger partial charge in [-0.15, -0.1) is 0 Å². The molecule has 0 aliphatic rings. The summed E-state index contributed by atoms with van der Waals surface area (Å²) in [5.41, 5.74) is -0.0669. The molecule has 0 saturated carbocycles. The van der Waals surface area contributed by atoms with Crippen LogP contribution in [0, 0.1) is 0 Å². The number of fused-ring (bicyclic) bond motifs is 1. The summed E-state index contributed by atoms with van der Waals surface area (Å²) in [5.74, 6) is -0.665. The first-order valence-electron chi connectivity index (χ1n) is 4.59. The molecule has 5 nitrogen and oxygen atoms in total. The number of aromatic hydroxyl groups is 1. The van der Waals surface area contributed by atoms with Crippen molar-refractivity contribution in [3.05, 3.63) is 35.4 Å². The Hall–Kier alpha value is -2.30. The van der Waals surface area contributed by atoms with Crippen molar-refractivity contribution in [2.45, 2.75) is 6.92 Å². The number of para-hydroxylation sites is 1. The van der Waals surface area contributed by atoms with E-state index in [0.717, 1.165) is 0 Å². The van der Waals surface area contributed by atoms with Gasteiger partial charge in [0.1, 0.15) is 16.9 Å². The largest absolute Gasteiger partial charge is 0.506 e. The first kappa shape index (κ1) is 10.2. The minimum absolute atomic E-state index is 0.124. The second-order valence-corrected chi connectivity index (χ2v) is 3.28. The maximum Gasteiger partial charge on any atom is 0.270 e. The number of Topliss-reactive ketones (excluding diaryl/α,β-unsaturated/α-hetero) is 1. The Morgan fingerprint density at radius 1 is 1.38 bits per heavy atom. The number of carbonyl (C=O) groups is 1. The van der Waals surface area contributed by atoms with Gasteiger partial charge in [0.2, 0.25) is 0 Å². The van der Waals surface area contributed by atoms with Crippen LogP contribution in [0.5, 0.6) is 5.75 Å². The molecular weight excluding hydrogens is 210 g/mol. The number of rotatable bonds is 1. The molecule has 0 fully saturated rings. The van der Waals surface area contributed by atoms with Crippen LogP contribution >= 0.6 is 0 Å². The molecule has 0 aliphatic heterocycles. The number of ketones is 1. The fourth-order valence-electron chi connectivity index (χ4n) is 1.53. The van der Waals surface area contributed by atoms with Gasteiger partial charge in [-0.1, -0.05) is 12.1 Å². The molecule has 0 saturated heterocycles. The van der Waals surface area contributed by atoms with E-state index in [-0.39, 0.29) is 16.9 Å². The maximum absolute atomic E-state index is 11.3. The second kappa shape index (κ2) is 3.69. The lowest BCUT2D eigenvalue weighted by atomic mass is 10.1. The van der Waals surface area contributed by atoms with Gasteiger partial charge in [-0.3, -0.25) is 4.79 Å². The van der Waals surface area contributed by atoms with Gasteiger partial charge in [0.05, 0.1) is 5.39 Å². The van der Waals surface area contributed by atoms with Crippen LogP contribution in [0.4, 0.5) is 0 Å². The molecule has 16 heavy (non-hydrogen) atoms. The molecule has 5 heteroatoms. The van der Waals surface area contributed by atoms with Crippen LogP contribution in [0.3, 0.4) is 0 Å². The average molecular weight is 219 g/mol. The van der Waals surface area contributed by atoms with Crippen molar-refractivity contribution in [1.82, 2.24) is 0 Å². The lowest BCUT2D eigenvalue weighted by molar-refractivity contribution is 0.100. The van der Waals surface area contributed by atoms with Gasteiger partial charge in [-0.2, -0.15) is 0 Å². The van der Waals surface area contributed by atoms with E-state index in [4.69, 9.17) is 9.62 Å². The van der Waals surface area contributed by atoms with Crippen molar-refractivity contribution in [1.29, 1.82) is 0 Å². The third-order valence-corrected chi connectivity index (χ3v) is 2.24. The molecule has 0 unspecified atom stereocenters. The number of hydrogen-bond acceptors (Lipinski definition) is 5. The fraction of sp³-hybridized carbons (Fsp3) is 0.0909. The summed E-state index contributed by atoms with van der Waals surface area (Å²) in [6.45, 7) is 1.26. The lowest BCUT2D eigenvalue weighted by Crippen LogP contribution is -2.13. The first-order chi connectivity index (χ1) is 7.65. The summed E-state index contributed by atoms with van der Waals surface area (Å²) in [5, 5.41) is 21.9. The summed E-state index contributed by atoms with van der Waals surface area (Å²) in [6, 6.07) is 6.63. The zero-order chi connectivity index (χ0) is 11.7. The molecule has 82 valence electrons. The number of hydrogen-bond donors (Lipinski definition) is 2. The summed E-state index contributed by atoms with van der Waals surface area (Å²) in [7, 11) is 0. The predicted octanol–water partition coefficient (Wildman–Crippen LogP) is 1.63. The molecule has 0 atom stereocenters. The molecule has 1 heterocycles. The molecule has 2 N–H and O–H groups in total. The molecule has 1 aromatic carbocycles. The van der Waals surface area contributed by atoms with E-state index in [0.29, 0.717) is 11.0 Å². The highest BCUT2D eigenvalue weighted by Gasteiger charge is 2.16. The first-order valence-corrected chi connectivity index (χ1v) is 4.59. The Morgan fingerprint density at radius 2 is 2.06 bits per heavy atom. The van der Waals surface area contributed by atoms with Crippen molar-refractivity contribution in [3.8, 4) is 5.75 Å². The highest BCUT2D eigenvalue weighted by atomic mass is 16.5. The van der Waals surface area contributed by atoms with E-state index in [2.05, 4.69) is 5.16 Å². The van der Waals surface area contributed by atoms with Gasteiger partial charge in [-0.05, 0) is 24.2 Å². The minimum Gasteiger partial charge on any atom is -0.506 e. The van der Waals surface area contributed by atoms with E-state index >= 15 is 0 Å². The Morgan fingerprint density at radius 3 is 2.69 bits per heavy atom. The lowest BCUT2D eigenvalue weighted by Gasteiger charge is -2.04. The van der Waals surface area contributed by atoms with E-state index in [1.165, 1.54) is 6.92 Å². The molecule has 0 radical (unpaired) electrons. The summed E-state index contributed by atoms with van der Waals surface area (Å²) >= 11 is 0. The van der Waals surface area contributed by atoms with E-state index in [1.807, 2.05) is 0 Å². The normalized spacial score (nSPS) is 11.9. The Balaban J connectivity index is 3.00. The summed E-state index contributed by atoms with van der Waals surface area (Å²) < 4.78 is 5.19. The van der Waals surface area contributed by atoms with Gasteiger partial charge in [0.15, 0.2) is 5.78 Å². The number of carbonyl (C=O) groups excluding carboxylic acids is 1. The summed E-state index contributed by atoms with van der Waals surface area (Å²) in [6.07, 6.45) is 0. The SMILES string of the molecule is CC(=O)c1c(O)c2ccccc2oc1=NO. The van der Waals surface area contributed by atoms with Crippen LogP contribution in [-0.4, -0.2) is 16.1 Å². The monoisotopic (exact) mass is 219 g/mol.